The molecule has 0 saturated carbocycles. The van der Waals surface area contributed by atoms with Crippen LogP contribution >= 0.6 is 24.0 Å². The van der Waals surface area contributed by atoms with Crippen molar-refractivity contribution in [1.29, 1.82) is 0 Å². The maximum atomic E-state index is 12.0. The molecule has 18 heavy (non-hydrogen) atoms. The van der Waals surface area contributed by atoms with Crippen molar-refractivity contribution in [3.8, 4) is 0 Å². The average Bonchev–Trinajstić information content (AvgIpc) is 2.65. The van der Waals surface area contributed by atoms with Gasteiger partial charge in [-0.3, -0.25) is 4.79 Å². The highest BCUT2D eigenvalue weighted by Gasteiger charge is 2.27. The number of nitrogens with one attached hydrogen (secondary N) is 2. The van der Waals surface area contributed by atoms with Gasteiger partial charge in [-0.05, 0) is 38.1 Å². The Kier molecular flexibility index (Phi) is 3.95. The Morgan fingerprint density at radius 3 is 2.61 bits per heavy atom. The molecule has 0 unspecified atom stereocenters. The van der Waals surface area contributed by atoms with Crippen LogP contribution in [0.15, 0.2) is 23.8 Å². The summed E-state index contributed by atoms with van der Waals surface area (Å²) in [5.74, 6) is 0.0131. The lowest BCUT2D eigenvalue weighted by Gasteiger charge is -2.17. The first-order chi connectivity index (χ1) is 8.25. The minimum Gasteiger partial charge on any atom is -0.321 e. The van der Waals surface area contributed by atoms with Gasteiger partial charge in [0, 0.05) is 16.2 Å². The SMILES string of the molecule is Cl.O=C1Nc2cc(Cl)ccc2C1=C1CCNCC1. The fourth-order valence-electron chi connectivity index (χ4n) is 2.47. The molecular formula is C13H14Cl2N2O. The van der Waals surface area contributed by atoms with Crippen LogP contribution in [-0.2, 0) is 4.79 Å². The Labute approximate surface area is 117 Å². The quantitative estimate of drug-likeness (QED) is 0.720. The lowest BCUT2D eigenvalue weighted by molar-refractivity contribution is -0.110. The van der Waals surface area contributed by atoms with E-state index in [-0.39, 0.29) is 18.3 Å². The van der Waals surface area contributed by atoms with Gasteiger partial charge in [0.05, 0.1) is 5.69 Å². The van der Waals surface area contributed by atoms with E-state index in [9.17, 15) is 4.79 Å². The van der Waals surface area contributed by atoms with Gasteiger partial charge in [0.15, 0.2) is 0 Å². The molecule has 5 heteroatoms. The van der Waals surface area contributed by atoms with Crippen molar-refractivity contribution in [2.45, 2.75) is 12.8 Å². The molecule has 1 saturated heterocycles. The molecule has 2 aliphatic rings. The predicted octanol–water partition coefficient (Wildman–Crippen LogP) is 2.85. The van der Waals surface area contributed by atoms with Gasteiger partial charge < -0.3 is 10.6 Å². The summed E-state index contributed by atoms with van der Waals surface area (Å²) < 4.78 is 0. The van der Waals surface area contributed by atoms with Gasteiger partial charge in [-0.2, -0.15) is 0 Å². The van der Waals surface area contributed by atoms with E-state index < -0.39 is 0 Å². The van der Waals surface area contributed by atoms with Crippen LogP contribution in [0.25, 0.3) is 5.57 Å². The summed E-state index contributed by atoms with van der Waals surface area (Å²) in [6.45, 7) is 1.91. The van der Waals surface area contributed by atoms with E-state index >= 15 is 0 Å². The Bertz CT molecular complexity index is 518. The number of benzene rings is 1. The number of halogens is 2. The number of piperidine rings is 1. The van der Waals surface area contributed by atoms with E-state index in [1.165, 1.54) is 5.57 Å². The summed E-state index contributed by atoms with van der Waals surface area (Å²) in [6, 6.07) is 5.58. The molecule has 3 nitrogen and oxygen atoms in total. The number of rotatable bonds is 0. The summed E-state index contributed by atoms with van der Waals surface area (Å²) >= 11 is 5.93. The normalized spacial score (nSPS) is 18.2. The minimum absolute atomic E-state index is 0. The average molecular weight is 285 g/mol. The zero-order valence-corrected chi connectivity index (χ0v) is 11.3. The predicted molar refractivity (Wildman–Crippen MR) is 76.4 cm³/mol. The second-order valence-electron chi connectivity index (χ2n) is 4.37. The third kappa shape index (κ3) is 2.26. The van der Waals surface area contributed by atoms with Crippen molar-refractivity contribution in [1.82, 2.24) is 5.32 Å². The second-order valence-corrected chi connectivity index (χ2v) is 4.81. The molecule has 0 radical (unpaired) electrons. The lowest BCUT2D eigenvalue weighted by Crippen LogP contribution is -2.24. The summed E-state index contributed by atoms with van der Waals surface area (Å²) in [7, 11) is 0. The molecule has 0 atom stereocenters. The number of amides is 1. The fraction of sp³-hybridized carbons (Fsp3) is 0.308. The van der Waals surface area contributed by atoms with Gasteiger partial charge in [-0.15, -0.1) is 12.4 Å². The van der Waals surface area contributed by atoms with Gasteiger partial charge in [-0.1, -0.05) is 23.2 Å². The largest absolute Gasteiger partial charge is 0.321 e. The van der Waals surface area contributed by atoms with Crippen molar-refractivity contribution in [2.24, 2.45) is 0 Å². The molecule has 2 N–H and O–H groups in total. The van der Waals surface area contributed by atoms with Crippen LogP contribution in [-0.4, -0.2) is 19.0 Å². The molecule has 1 fully saturated rings. The Hall–Kier alpha value is -1.03. The van der Waals surface area contributed by atoms with Crippen LogP contribution in [0.3, 0.4) is 0 Å². The van der Waals surface area contributed by atoms with Crippen LogP contribution in [0.5, 0.6) is 0 Å². The van der Waals surface area contributed by atoms with Crippen molar-refractivity contribution in [3.63, 3.8) is 0 Å². The van der Waals surface area contributed by atoms with Crippen molar-refractivity contribution >= 4 is 41.2 Å². The van der Waals surface area contributed by atoms with E-state index in [0.29, 0.717) is 5.02 Å². The monoisotopic (exact) mass is 284 g/mol. The molecule has 2 aliphatic heterocycles. The van der Waals surface area contributed by atoms with E-state index in [0.717, 1.165) is 42.8 Å². The zero-order chi connectivity index (χ0) is 11.8. The molecule has 96 valence electrons. The van der Waals surface area contributed by atoms with E-state index in [4.69, 9.17) is 11.6 Å². The number of hydrogen-bond donors (Lipinski definition) is 2. The van der Waals surface area contributed by atoms with Gasteiger partial charge in [-0.25, -0.2) is 0 Å². The highest BCUT2D eigenvalue weighted by molar-refractivity contribution is 6.34. The third-order valence-corrected chi connectivity index (χ3v) is 3.52. The molecule has 1 aromatic rings. The van der Waals surface area contributed by atoms with E-state index in [2.05, 4.69) is 10.6 Å². The van der Waals surface area contributed by atoms with Crippen LogP contribution in [0.2, 0.25) is 5.02 Å². The molecular weight excluding hydrogens is 271 g/mol. The first-order valence-electron chi connectivity index (χ1n) is 5.80. The lowest BCUT2D eigenvalue weighted by atomic mass is 9.95. The molecule has 0 aromatic heterocycles. The van der Waals surface area contributed by atoms with Crippen molar-refractivity contribution in [3.05, 3.63) is 34.4 Å². The topological polar surface area (TPSA) is 41.1 Å². The molecule has 0 aliphatic carbocycles. The number of hydrogen-bond acceptors (Lipinski definition) is 2. The highest BCUT2D eigenvalue weighted by Crippen LogP contribution is 2.37. The molecule has 1 amide bonds. The van der Waals surface area contributed by atoms with Crippen LogP contribution in [0.1, 0.15) is 18.4 Å². The summed E-state index contributed by atoms with van der Waals surface area (Å²) in [5.41, 5.74) is 3.94. The Morgan fingerprint density at radius 2 is 1.89 bits per heavy atom. The van der Waals surface area contributed by atoms with Gasteiger partial charge >= 0.3 is 0 Å². The Balaban J connectivity index is 0.00000120. The van der Waals surface area contributed by atoms with Gasteiger partial charge in [0.2, 0.25) is 0 Å². The zero-order valence-electron chi connectivity index (χ0n) is 9.75. The molecule has 1 aromatic carbocycles. The molecule has 3 rings (SSSR count). The van der Waals surface area contributed by atoms with Crippen molar-refractivity contribution < 1.29 is 4.79 Å². The summed E-state index contributed by atoms with van der Waals surface area (Å²) in [4.78, 5) is 12.0. The molecule has 0 bridgehead atoms. The van der Waals surface area contributed by atoms with Crippen LogP contribution in [0.4, 0.5) is 5.69 Å². The van der Waals surface area contributed by atoms with Crippen LogP contribution < -0.4 is 10.6 Å². The Morgan fingerprint density at radius 1 is 1.17 bits per heavy atom. The van der Waals surface area contributed by atoms with E-state index in [1.54, 1.807) is 0 Å². The second kappa shape index (κ2) is 5.31. The van der Waals surface area contributed by atoms with Gasteiger partial charge in [0.25, 0.3) is 5.91 Å². The standard InChI is InChI=1S/C13H13ClN2O.ClH/c14-9-1-2-10-11(7-9)16-13(17)12(10)8-3-5-15-6-4-8;/h1-2,7,15H,3-6H2,(H,16,17);1H. The first kappa shape index (κ1) is 13.4. The van der Waals surface area contributed by atoms with Crippen LogP contribution in [0, 0.1) is 0 Å². The summed E-state index contributed by atoms with van der Waals surface area (Å²) in [6.07, 6.45) is 1.90. The first-order valence-corrected chi connectivity index (χ1v) is 6.17. The number of carbonyl (C=O) groups is 1. The smallest absolute Gasteiger partial charge is 0.256 e. The molecule has 0 spiro atoms. The number of carbonyl (C=O) groups excluding carboxylic acids is 1. The minimum atomic E-state index is 0. The third-order valence-electron chi connectivity index (χ3n) is 3.29. The highest BCUT2D eigenvalue weighted by atomic mass is 35.5. The van der Waals surface area contributed by atoms with E-state index in [1.807, 2.05) is 18.2 Å². The van der Waals surface area contributed by atoms with Crippen molar-refractivity contribution in [2.75, 3.05) is 18.4 Å². The number of fused-ring (bicyclic) bond motifs is 1. The maximum Gasteiger partial charge on any atom is 0.256 e. The summed E-state index contributed by atoms with van der Waals surface area (Å²) in [5, 5.41) is 6.84. The maximum absolute atomic E-state index is 12.0. The number of anilines is 1. The molecule has 2 heterocycles. The fourth-order valence-corrected chi connectivity index (χ4v) is 2.65. The van der Waals surface area contributed by atoms with Gasteiger partial charge in [0.1, 0.15) is 0 Å².